The predicted octanol–water partition coefficient (Wildman–Crippen LogP) is 3.64. The summed E-state index contributed by atoms with van der Waals surface area (Å²) in [6.07, 6.45) is -0.105. The molecule has 2 rings (SSSR count). The van der Waals surface area contributed by atoms with Crippen LogP contribution in [0.15, 0.2) is 18.3 Å². The highest BCUT2D eigenvalue weighted by molar-refractivity contribution is 5.68. The minimum absolute atomic E-state index is 0.228. The summed E-state index contributed by atoms with van der Waals surface area (Å²) in [5, 5.41) is 0. The number of amides is 1. The van der Waals surface area contributed by atoms with Crippen LogP contribution in [0.4, 0.5) is 18.0 Å². The molecule has 7 heteroatoms. The summed E-state index contributed by atoms with van der Waals surface area (Å²) in [7, 11) is 1.86. The Hall–Kier alpha value is -1.66. The van der Waals surface area contributed by atoms with E-state index >= 15 is 0 Å². The van der Waals surface area contributed by atoms with Crippen molar-refractivity contribution >= 4 is 6.09 Å². The maximum absolute atomic E-state index is 12.2. The second-order valence-electron chi connectivity index (χ2n) is 5.27. The highest BCUT2D eigenvalue weighted by Crippen LogP contribution is 2.31. The van der Waals surface area contributed by atoms with Gasteiger partial charge in [0.15, 0.2) is 6.61 Å². The lowest BCUT2D eigenvalue weighted by atomic mass is 10.1. The second-order valence-corrected chi connectivity index (χ2v) is 5.27. The number of hydrogen-bond donors (Lipinski definition) is 0. The first-order valence-corrected chi connectivity index (χ1v) is 7.00. The van der Waals surface area contributed by atoms with Crippen LogP contribution in [0.1, 0.15) is 37.4 Å². The van der Waals surface area contributed by atoms with Crippen LogP contribution in [0, 0.1) is 0 Å². The number of carbonyl (C=O) groups excluding carboxylic acids is 1. The van der Waals surface area contributed by atoms with Gasteiger partial charge in [0.2, 0.25) is 0 Å². The maximum Gasteiger partial charge on any atom is 0.422 e. The molecule has 1 aromatic rings. The molecule has 0 aliphatic carbocycles. The zero-order valence-electron chi connectivity index (χ0n) is 11.9. The van der Waals surface area contributed by atoms with Gasteiger partial charge in [-0.2, -0.15) is 13.2 Å². The SMILES string of the molecule is Cn1cccc1C1CCCCCN1C(=O)OCC(F)(F)F. The van der Waals surface area contributed by atoms with Crippen LogP contribution in [0.2, 0.25) is 0 Å². The summed E-state index contributed by atoms with van der Waals surface area (Å²) in [5.41, 5.74) is 0.917. The number of aromatic nitrogens is 1. The number of aryl methyl sites for hydroxylation is 1. The molecule has 1 atom stereocenters. The summed E-state index contributed by atoms with van der Waals surface area (Å²) in [4.78, 5) is 13.4. The van der Waals surface area contributed by atoms with Crippen molar-refractivity contribution in [2.45, 2.75) is 37.9 Å². The van der Waals surface area contributed by atoms with Crippen molar-refractivity contribution in [3.8, 4) is 0 Å². The molecule has 1 amide bonds. The van der Waals surface area contributed by atoms with Crippen LogP contribution in [0.5, 0.6) is 0 Å². The molecule has 0 aromatic carbocycles. The van der Waals surface area contributed by atoms with Crippen molar-refractivity contribution in [3.05, 3.63) is 24.0 Å². The van der Waals surface area contributed by atoms with Crippen molar-refractivity contribution in [2.75, 3.05) is 13.2 Å². The number of ether oxygens (including phenoxy) is 1. The summed E-state index contributed by atoms with van der Waals surface area (Å²) in [6.45, 7) is -1.12. The van der Waals surface area contributed by atoms with Crippen molar-refractivity contribution in [2.24, 2.45) is 7.05 Å². The molecule has 0 spiro atoms. The van der Waals surface area contributed by atoms with Gasteiger partial charge in [-0.05, 0) is 25.0 Å². The molecule has 1 aliphatic heterocycles. The molecule has 1 saturated heterocycles. The van der Waals surface area contributed by atoms with Gasteiger partial charge in [0.25, 0.3) is 0 Å². The highest BCUT2D eigenvalue weighted by atomic mass is 19.4. The number of carbonyl (C=O) groups is 1. The third-order valence-electron chi connectivity index (χ3n) is 3.67. The van der Waals surface area contributed by atoms with E-state index in [1.807, 2.05) is 29.9 Å². The van der Waals surface area contributed by atoms with Gasteiger partial charge < -0.3 is 9.30 Å². The van der Waals surface area contributed by atoms with Gasteiger partial charge in [-0.25, -0.2) is 4.79 Å². The smallest absolute Gasteiger partial charge is 0.422 e. The Morgan fingerprint density at radius 2 is 2.14 bits per heavy atom. The molecule has 1 aliphatic rings. The van der Waals surface area contributed by atoms with Gasteiger partial charge >= 0.3 is 12.3 Å². The normalized spacial score (nSPS) is 20.2. The van der Waals surface area contributed by atoms with Crippen LogP contribution in [0.25, 0.3) is 0 Å². The Balaban J connectivity index is 2.12. The molecule has 21 heavy (non-hydrogen) atoms. The van der Waals surface area contributed by atoms with Gasteiger partial charge in [-0.3, -0.25) is 4.90 Å². The Labute approximate surface area is 121 Å². The fourth-order valence-electron chi connectivity index (χ4n) is 2.68. The van der Waals surface area contributed by atoms with Crippen LogP contribution in [-0.2, 0) is 11.8 Å². The second kappa shape index (κ2) is 6.41. The molecule has 0 bridgehead atoms. The van der Waals surface area contributed by atoms with E-state index in [1.165, 1.54) is 4.90 Å². The molecule has 0 saturated carbocycles. The van der Waals surface area contributed by atoms with Crippen molar-refractivity contribution < 1.29 is 22.7 Å². The van der Waals surface area contributed by atoms with Gasteiger partial charge in [-0.15, -0.1) is 0 Å². The molecule has 118 valence electrons. The zero-order valence-corrected chi connectivity index (χ0v) is 11.9. The van der Waals surface area contributed by atoms with E-state index in [1.54, 1.807) is 0 Å². The topological polar surface area (TPSA) is 34.5 Å². The Bertz CT molecular complexity index is 485. The number of halogens is 3. The Kier molecular flexibility index (Phi) is 4.80. The summed E-state index contributed by atoms with van der Waals surface area (Å²) in [5.74, 6) is 0. The van der Waals surface area contributed by atoms with E-state index in [-0.39, 0.29) is 6.04 Å². The van der Waals surface area contributed by atoms with E-state index in [0.717, 1.165) is 31.4 Å². The molecule has 4 nitrogen and oxygen atoms in total. The van der Waals surface area contributed by atoms with Crippen molar-refractivity contribution in [1.29, 1.82) is 0 Å². The first kappa shape index (κ1) is 15.7. The molecule has 1 unspecified atom stereocenters. The molecule has 1 fully saturated rings. The first-order valence-electron chi connectivity index (χ1n) is 7.00. The van der Waals surface area contributed by atoms with Crippen LogP contribution in [0.3, 0.4) is 0 Å². The fourth-order valence-corrected chi connectivity index (χ4v) is 2.68. The minimum atomic E-state index is -4.50. The Morgan fingerprint density at radius 1 is 1.38 bits per heavy atom. The van der Waals surface area contributed by atoms with E-state index in [2.05, 4.69) is 4.74 Å². The van der Waals surface area contributed by atoms with Crippen LogP contribution < -0.4 is 0 Å². The average Bonchev–Trinajstić information content (AvgIpc) is 2.69. The molecule has 1 aromatic heterocycles. The molecule has 2 heterocycles. The predicted molar refractivity (Wildman–Crippen MR) is 70.7 cm³/mol. The number of nitrogens with zero attached hydrogens (tertiary/aromatic N) is 2. The zero-order chi connectivity index (χ0) is 15.5. The maximum atomic E-state index is 12.2. The summed E-state index contributed by atoms with van der Waals surface area (Å²) >= 11 is 0. The lowest BCUT2D eigenvalue weighted by Gasteiger charge is -2.29. The number of rotatable bonds is 2. The van der Waals surface area contributed by atoms with Crippen molar-refractivity contribution in [1.82, 2.24) is 9.47 Å². The summed E-state index contributed by atoms with van der Waals surface area (Å²) < 4.78 is 42.9. The molecule has 0 radical (unpaired) electrons. The lowest BCUT2D eigenvalue weighted by molar-refractivity contribution is -0.163. The average molecular weight is 304 g/mol. The number of alkyl halides is 3. The third kappa shape index (κ3) is 4.15. The van der Waals surface area contributed by atoms with Gasteiger partial charge in [0.1, 0.15) is 0 Å². The standard InChI is InChI=1S/C14H19F3N2O2/c1-18-8-5-7-11(18)12-6-3-2-4-9-19(12)13(20)21-10-14(15,16)17/h5,7-8,12H,2-4,6,9-10H2,1H3. The van der Waals surface area contributed by atoms with Crippen molar-refractivity contribution in [3.63, 3.8) is 0 Å². The number of likely N-dealkylation sites (tertiary alicyclic amines) is 1. The van der Waals surface area contributed by atoms with E-state index in [4.69, 9.17) is 0 Å². The third-order valence-corrected chi connectivity index (χ3v) is 3.67. The van der Waals surface area contributed by atoms with E-state index in [0.29, 0.717) is 6.54 Å². The van der Waals surface area contributed by atoms with E-state index in [9.17, 15) is 18.0 Å². The number of hydrogen-bond acceptors (Lipinski definition) is 2. The quantitative estimate of drug-likeness (QED) is 0.836. The monoisotopic (exact) mass is 304 g/mol. The fraction of sp³-hybridized carbons (Fsp3) is 0.643. The first-order chi connectivity index (χ1) is 9.88. The van der Waals surface area contributed by atoms with Gasteiger partial charge in [0.05, 0.1) is 6.04 Å². The van der Waals surface area contributed by atoms with Gasteiger partial charge in [-0.1, -0.05) is 12.8 Å². The van der Waals surface area contributed by atoms with Gasteiger partial charge in [0, 0.05) is 25.5 Å². The minimum Gasteiger partial charge on any atom is -0.440 e. The lowest BCUT2D eigenvalue weighted by Crippen LogP contribution is -2.37. The molecular formula is C14H19F3N2O2. The Morgan fingerprint density at radius 3 is 2.76 bits per heavy atom. The molecular weight excluding hydrogens is 285 g/mol. The largest absolute Gasteiger partial charge is 0.440 e. The molecule has 0 N–H and O–H groups in total. The van der Waals surface area contributed by atoms with Crippen LogP contribution in [-0.4, -0.2) is 34.9 Å². The highest BCUT2D eigenvalue weighted by Gasteiger charge is 2.34. The van der Waals surface area contributed by atoms with Crippen LogP contribution >= 0.6 is 0 Å². The summed E-state index contributed by atoms with van der Waals surface area (Å²) in [6, 6.07) is 3.52. The van der Waals surface area contributed by atoms with E-state index < -0.39 is 18.9 Å².